The van der Waals surface area contributed by atoms with Crippen molar-refractivity contribution in [3.63, 3.8) is 0 Å². The molecular weight excluding hydrogens is 393 g/mol. The van der Waals surface area contributed by atoms with Crippen molar-refractivity contribution in [2.75, 3.05) is 5.01 Å². The third-order valence-corrected chi connectivity index (χ3v) is 5.45. The van der Waals surface area contributed by atoms with Crippen LogP contribution in [0.2, 0.25) is 0 Å². The quantitative estimate of drug-likeness (QED) is 0.488. The van der Waals surface area contributed by atoms with Crippen LogP contribution in [0.15, 0.2) is 79.1 Å². The third-order valence-electron chi connectivity index (χ3n) is 5.45. The maximum atomic E-state index is 13.5. The first-order valence-electron chi connectivity index (χ1n) is 10.1. The fourth-order valence-corrected chi connectivity index (χ4v) is 3.96. The Morgan fingerprint density at radius 3 is 2.35 bits per heavy atom. The second-order valence-electron chi connectivity index (χ2n) is 8.01. The van der Waals surface area contributed by atoms with Gasteiger partial charge < -0.3 is 4.98 Å². The molecule has 1 fully saturated rings. The molecule has 1 saturated heterocycles. The van der Waals surface area contributed by atoms with Crippen LogP contribution in [0.25, 0.3) is 22.5 Å². The second kappa shape index (κ2) is 7.61. The Balaban J connectivity index is 1.64. The summed E-state index contributed by atoms with van der Waals surface area (Å²) in [5.41, 5.74) is 6.92. The first kappa shape index (κ1) is 19.4. The van der Waals surface area contributed by atoms with Crippen LogP contribution in [0.5, 0.6) is 0 Å². The summed E-state index contributed by atoms with van der Waals surface area (Å²) in [6.45, 7) is 4.07. The number of aromatic nitrogens is 3. The molecule has 0 radical (unpaired) electrons. The van der Waals surface area contributed by atoms with Crippen LogP contribution in [-0.2, 0) is 4.84 Å². The van der Waals surface area contributed by atoms with Gasteiger partial charge in [-0.25, -0.2) is 14.4 Å². The number of nitrogens with zero attached hydrogens (tertiary/aromatic N) is 3. The van der Waals surface area contributed by atoms with Gasteiger partial charge in [0.1, 0.15) is 17.5 Å². The van der Waals surface area contributed by atoms with Gasteiger partial charge in [-0.05, 0) is 55.8 Å². The van der Waals surface area contributed by atoms with Crippen LogP contribution in [-0.4, -0.2) is 20.6 Å². The van der Waals surface area contributed by atoms with E-state index in [1.807, 2.05) is 49.2 Å². The monoisotopic (exact) mass is 415 g/mol. The second-order valence-corrected chi connectivity index (χ2v) is 8.01. The molecule has 1 atom stereocenters. The number of imidazole rings is 1. The Hall–Kier alpha value is -3.55. The predicted molar refractivity (Wildman–Crippen MR) is 117 cm³/mol. The SMILES string of the molecule is CC1(C)ONN(c2nc(-c3ccc(F)cc3)c(-c3ccncc3)[nH]2)C1c1ccccc1. The van der Waals surface area contributed by atoms with Gasteiger partial charge in [-0.15, -0.1) is 5.59 Å². The van der Waals surface area contributed by atoms with Crippen molar-refractivity contribution < 1.29 is 9.23 Å². The summed E-state index contributed by atoms with van der Waals surface area (Å²) in [4.78, 5) is 18.4. The summed E-state index contributed by atoms with van der Waals surface area (Å²) in [5.74, 6) is 0.316. The van der Waals surface area contributed by atoms with Gasteiger partial charge in [-0.2, -0.15) is 0 Å². The number of anilines is 1. The zero-order chi connectivity index (χ0) is 21.4. The van der Waals surface area contributed by atoms with E-state index in [2.05, 4.69) is 27.7 Å². The maximum absolute atomic E-state index is 13.5. The largest absolute Gasteiger partial charge is 0.322 e. The number of hydrazine groups is 1. The number of nitrogens with one attached hydrogen (secondary N) is 2. The number of aromatic amines is 1. The molecule has 2 N–H and O–H groups in total. The minimum Gasteiger partial charge on any atom is -0.322 e. The topological polar surface area (TPSA) is 66.1 Å². The minimum absolute atomic E-state index is 0.119. The first-order chi connectivity index (χ1) is 15.0. The van der Waals surface area contributed by atoms with E-state index in [9.17, 15) is 4.39 Å². The van der Waals surface area contributed by atoms with E-state index in [1.165, 1.54) is 12.1 Å². The van der Waals surface area contributed by atoms with Crippen molar-refractivity contribution in [3.05, 3.63) is 90.5 Å². The molecule has 31 heavy (non-hydrogen) atoms. The lowest BCUT2D eigenvalue weighted by molar-refractivity contribution is -0.0339. The van der Waals surface area contributed by atoms with Crippen molar-refractivity contribution >= 4 is 5.95 Å². The van der Waals surface area contributed by atoms with Crippen molar-refractivity contribution in [1.29, 1.82) is 0 Å². The summed E-state index contributed by atoms with van der Waals surface area (Å²) in [7, 11) is 0. The zero-order valence-corrected chi connectivity index (χ0v) is 17.2. The summed E-state index contributed by atoms with van der Waals surface area (Å²) in [6.07, 6.45) is 3.47. The minimum atomic E-state index is -0.499. The highest BCUT2D eigenvalue weighted by atomic mass is 19.1. The number of rotatable bonds is 4. The van der Waals surface area contributed by atoms with Crippen molar-refractivity contribution in [1.82, 2.24) is 20.5 Å². The fourth-order valence-electron chi connectivity index (χ4n) is 3.96. The molecule has 156 valence electrons. The van der Waals surface area contributed by atoms with E-state index in [4.69, 9.17) is 9.82 Å². The molecule has 0 aliphatic carbocycles. The van der Waals surface area contributed by atoms with Crippen LogP contribution >= 0.6 is 0 Å². The van der Waals surface area contributed by atoms with Gasteiger partial charge in [-0.3, -0.25) is 9.82 Å². The average molecular weight is 415 g/mol. The first-order valence-corrected chi connectivity index (χ1v) is 10.1. The van der Waals surface area contributed by atoms with Gasteiger partial charge in [0.25, 0.3) is 0 Å². The highest BCUT2D eigenvalue weighted by Crippen LogP contribution is 2.41. The van der Waals surface area contributed by atoms with Crippen LogP contribution in [0.1, 0.15) is 25.5 Å². The Kier molecular flexibility index (Phi) is 4.77. The summed E-state index contributed by atoms with van der Waals surface area (Å²) < 4.78 is 13.5. The van der Waals surface area contributed by atoms with Gasteiger partial charge in [0.05, 0.1) is 11.4 Å². The molecule has 6 nitrogen and oxygen atoms in total. The van der Waals surface area contributed by atoms with E-state index in [0.717, 1.165) is 28.1 Å². The van der Waals surface area contributed by atoms with Crippen LogP contribution in [0.3, 0.4) is 0 Å². The maximum Gasteiger partial charge on any atom is 0.221 e. The smallest absolute Gasteiger partial charge is 0.221 e. The molecule has 2 aromatic carbocycles. The highest BCUT2D eigenvalue weighted by Gasteiger charge is 2.45. The van der Waals surface area contributed by atoms with Crippen LogP contribution in [0.4, 0.5) is 10.3 Å². The van der Waals surface area contributed by atoms with Gasteiger partial charge in [0.2, 0.25) is 5.95 Å². The summed E-state index contributed by atoms with van der Waals surface area (Å²) in [5, 5.41) is 1.90. The number of hydrogen-bond acceptors (Lipinski definition) is 5. The molecule has 0 bridgehead atoms. The van der Waals surface area contributed by atoms with Gasteiger partial charge in [0, 0.05) is 23.5 Å². The Labute approximate surface area is 179 Å². The molecule has 7 heteroatoms. The number of halogens is 1. The van der Waals surface area contributed by atoms with Gasteiger partial charge in [-0.1, -0.05) is 30.3 Å². The lowest BCUT2D eigenvalue weighted by atomic mass is 9.92. The molecule has 1 unspecified atom stereocenters. The molecule has 0 spiro atoms. The lowest BCUT2D eigenvalue weighted by Crippen LogP contribution is -2.36. The lowest BCUT2D eigenvalue weighted by Gasteiger charge is -2.28. The molecule has 1 aliphatic rings. The van der Waals surface area contributed by atoms with E-state index in [-0.39, 0.29) is 11.9 Å². The number of benzene rings is 2. The average Bonchev–Trinajstić information content (AvgIpc) is 3.36. The van der Waals surface area contributed by atoms with Crippen LogP contribution < -0.4 is 10.6 Å². The van der Waals surface area contributed by atoms with E-state index in [0.29, 0.717) is 5.95 Å². The molecule has 1 aliphatic heterocycles. The standard InChI is InChI=1S/C24H22FN5O/c1-24(2)22(18-6-4-3-5-7-18)30(29-31-24)23-27-20(16-8-10-19(25)11-9-16)21(28-23)17-12-14-26-15-13-17/h3-15,22,29H,1-2H3,(H,27,28). The number of pyridine rings is 1. The highest BCUT2D eigenvalue weighted by molar-refractivity contribution is 5.80. The summed E-state index contributed by atoms with van der Waals surface area (Å²) in [6, 6.07) is 20.2. The zero-order valence-electron chi connectivity index (χ0n) is 17.2. The summed E-state index contributed by atoms with van der Waals surface area (Å²) >= 11 is 0. The Morgan fingerprint density at radius 2 is 1.65 bits per heavy atom. The van der Waals surface area contributed by atoms with Crippen molar-refractivity contribution in [2.45, 2.75) is 25.5 Å². The number of H-pyrrole nitrogens is 1. The van der Waals surface area contributed by atoms with Crippen LogP contribution in [0, 0.1) is 5.82 Å². The third kappa shape index (κ3) is 3.58. The molecule has 3 heterocycles. The van der Waals surface area contributed by atoms with E-state index >= 15 is 0 Å². The van der Waals surface area contributed by atoms with Crippen molar-refractivity contribution in [3.8, 4) is 22.5 Å². The predicted octanol–water partition coefficient (Wildman–Crippen LogP) is 5.05. The van der Waals surface area contributed by atoms with E-state index < -0.39 is 5.60 Å². The molecule has 2 aromatic heterocycles. The molecular formula is C24H22FN5O. The Morgan fingerprint density at radius 1 is 0.935 bits per heavy atom. The molecule has 0 saturated carbocycles. The normalized spacial score (nSPS) is 17.8. The molecule has 5 rings (SSSR count). The van der Waals surface area contributed by atoms with E-state index in [1.54, 1.807) is 24.5 Å². The van der Waals surface area contributed by atoms with Gasteiger partial charge >= 0.3 is 0 Å². The van der Waals surface area contributed by atoms with Gasteiger partial charge in [0.15, 0.2) is 0 Å². The molecule has 0 amide bonds. The molecule has 4 aromatic rings. The fraction of sp³-hybridized carbons (Fsp3) is 0.167. The number of hydrogen-bond donors (Lipinski definition) is 2. The Bertz CT molecular complexity index is 1180. The van der Waals surface area contributed by atoms with Crippen molar-refractivity contribution in [2.24, 2.45) is 0 Å².